The van der Waals surface area contributed by atoms with Gasteiger partial charge in [0.15, 0.2) is 4.34 Å². The summed E-state index contributed by atoms with van der Waals surface area (Å²) in [4.78, 5) is 12.4. The van der Waals surface area contributed by atoms with Crippen LogP contribution in [-0.2, 0) is 5.75 Å². The minimum Gasteiger partial charge on any atom is -0.296 e. The molecule has 2 aromatic carbocycles. The fraction of sp³-hybridized carbons (Fsp3) is 0.167. The van der Waals surface area contributed by atoms with Gasteiger partial charge in [0, 0.05) is 10.2 Å². The Kier molecular flexibility index (Phi) is 6.34. The third kappa shape index (κ3) is 4.85. The first kappa shape index (κ1) is 19.4. The van der Waals surface area contributed by atoms with Gasteiger partial charge in [0.25, 0.3) is 5.91 Å². The van der Waals surface area contributed by atoms with E-state index in [2.05, 4.69) is 63.5 Å². The van der Waals surface area contributed by atoms with Gasteiger partial charge >= 0.3 is 0 Å². The highest BCUT2D eigenvalue weighted by Gasteiger charge is 2.14. The van der Waals surface area contributed by atoms with Gasteiger partial charge < -0.3 is 0 Å². The highest BCUT2D eigenvalue weighted by atomic mass is 79.9. The summed E-state index contributed by atoms with van der Waals surface area (Å²) in [5, 5.41) is 11.8. The first-order valence-electron chi connectivity index (χ1n) is 7.71. The van der Waals surface area contributed by atoms with E-state index in [4.69, 9.17) is 11.6 Å². The van der Waals surface area contributed by atoms with Crippen molar-refractivity contribution >= 4 is 61.7 Å². The molecule has 26 heavy (non-hydrogen) atoms. The van der Waals surface area contributed by atoms with E-state index >= 15 is 0 Å². The van der Waals surface area contributed by atoms with E-state index in [1.165, 1.54) is 28.0 Å². The molecule has 0 bridgehead atoms. The molecule has 0 fully saturated rings. The molecule has 0 radical (unpaired) electrons. The number of nitrogens with one attached hydrogen (secondary N) is 1. The number of nitrogens with zero attached hydrogens (tertiary/aromatic N) is 2. The van der Waals surface area contributed by atoms with Crippen molar-refractivity contribution in [2.24, 2.45) is 0 Å². The Morgan fingerprint density at radius 1 is 1.23 bits per heavy atom. The van der Waals surface area contributed by atoms with Crippen LogP contribution in [0, 0.1) is 13.8 Å². The van der Waals surface area contributed by atoms with Crippen LogP contribution in [-0.4, -0.2) is 16.1 Å². The Morgan fingerprint density at radius 3 is 2.85 bits per heavy atom. The van der Waals surface area contributed by atoms with Crippen LogP contribution in [0.3, 0.4) is 0 Å². The predicted molar refractivity (Wildman–Crippen MR) is 112 cm³/mol. The van der Waals surface area contributed by atoms with Crippen LogP contribution in [0.2, 0.25) is 5.02 Å². The van der Waals surface area contributed by atoms with E-state index in [1.54, 1.807) is 30.0 Å². The molecule has 0 atom stereocenters. The summed E-state index contributed by atoms with van der Waals surface area (Å²) in [5.74, 6) is 0.506. The summed E-state index contributed by atoms with van der Waals surface area (Å²) in [6, 6.07) is 11.5. The summed E-state index contributed by atoms with van der Waals surface area (Å²) >= 11 is 12.4. The summed E-state index contributed by atoms with van der Waals surface area (Å²) in [5.41, 5.74) is 4.16. The molecule has 1 aromatic heterocycles. The van der Waals surface area contributed by atoms with E-state index in [0.29, 0.717) is 15.7 Å². The molecule has 134 valence electrons. The largest absolute Gasteiger partial charge is 0.296 e. The Bertz CT molecular complexity index is 961. The van der Waals surface area contributed by atoms with Gasteiger partial charge in [-0.2, -0.15) is 0 Å². The molecular formula is C18H15BrClN3OS2. The van der Waals surface area contributed by atoms with Crippen molar-refractivity contribution in [3.8, 4) is 0 Å². The van der Waals surface area contributed by atoms with Crippen molar-refractivity contribution in [2.45, 2.75) is 23.9 Å². The van der Waals surface area contributed by atoms with Crippen molar-refractivity contribution in [1.29, 1.82) is 0 Å². The molecule has 4 nitrogen and oxygen atoms in total. The standard InChI is InChI=1S/C18H15BrClN3OS2/c1-10-3-4-11(2)12(7-10)9-25-18-23-22-17(26-18)21-16(24)14-8-13(19)5-6-15(14)20/h3-8H,9H2,1-2H3,(H,21,22,24). The van der Waals surface area contributed by atoms with Gasteiger partial charge in [-0.1, -0.05) is 74.4 Å². The number of thioether (sulfide) groups is 1. The van der Waals surface area contributed by atoms with Gasteiger partial charge in [-0.05, 0) is 43.2 Å². The number of aromatic nitrogens is 2. The molecule has 0 aliphatic heterocycles. The van der Waals surface area contributed by atoms with Gasteiger partial charge in [0.2, 0.25) is 5.13 Å². The number of aryl methyl sites for hydroxylation is 2. The minimum atomic E-state index is -0.307. The zero-order valence-electron chi connectivity index (χ0n) is 14.0. The molecule has 0 unspecified atom stereocenters. The Morgan fingerprint density at radius 2 is 2.04 bits per heavy atom. The summed E-state index contributed by atoms with van der Waals surface area (Å²) < 4.78 is 1.59. The highest BCUT2D eigenvalue weighted by Crippen LogP contribution is 2.30. The van der Waals surface area contributed by atoms with Gasteiger partial charge in [0.05, 0.1) is 10.6 Å². The maximum atomic E-state index is 12.4. The lowest BCUT2D eigenvalue weighted by Crippen LogP contribution is -2.12. The lowest BCUT2D eigenvalue weighted by molar-refractivity contribution is 0.102. The zero-order valence-corrected chi connectivity index (χ0v) is 18.0. The van der Waals surface area contributed by atoms with Gasteiger partial charge in [-0.3, -0.25) is 10.1 Å². The second-order valence-corrected chi connectivity index (χ2v) is 9.19. The van der Waals surface area contributed by atoms with Crippen LogP contribution in [0.25, 0.3) is 0 Å². The fourth-order valence-corrected chi connectivity index (χ4v) is 4.62. The van der Waals surface area contributed by atoms with Gasteiger partial charge in [-0.15, -0.1) is 10.2 Å². The third-order valence-corrected chi connectivity index (χ3v) is 6.50. The summed E-state index contributed by atoms with van der Waals surface area (Å²) in [6.45, 7) is 4.18. The molecule has 0 spiro atoms. The normalized spacial score (nSPS) is 10.8. The number of carbonyl (C=O) groups is 1. The maximum absolute atomic E-state index is 12.4. The molecule has 1 amide bonds. The van der Waals surface area contributed by atoms with Gasteiger partial charge in [0.1, 0.15) is 0 Å². The van der Waals surface area contributed by atoms with E-state index in [0.717, 1.165) is 14.6 Å². The lowest BCUT2D eigenvalue weighted by Gasteiger charge is -2.05. The zero-order chi connectivity index (χ0) is 18.7. The number of anilines is 1. The van der Waals surface area contributed by atoms with E-state index < -0.39 is 0 Å². The minimum absolute atomic E-state index is 0.307. The predicted octanol–water partition coefficient (Wildman–Crippen LogP) is 6.12. The molecule has 0 aliphatic rings. The number of benzene rings is 2. The molecule has 0 saturated carbocycles. The van der Waals surface area contributed by atoms with Crippen molar-refractivity contribution in [1.82, 2.24) is 10.2 Å². The van der Waals surface area contributed by atoms with Crippen molar-refractivity contribution in [3.63, 3.8) is 0 Å². The summed E-state index contributed by atoms with van der Waals surface area (Å²) in [7, 11) is 0. The monoisotopic (exact) mass is 467 g/mol. The molecule has 0 aliphatic carbocycles. The molecular weight excluding hydrogens is 454 g/mol. The average molecular weight is 469 g/mol. The number of rotatable bonds is 5. The number of carbonyl (C=O) groups excluding carboxylic acids is 1. The van der Waals surface area contributed by atoms with Crippen molar-refractivity contribution in [3.05, 3.63) is 68.1 Å². The first-order valence-corrected chi connectivity index (χ1v) is 10.7. The average Bonchev–Trinajstić information content (AvgIpc) is 3.05. The van der Waals surface area contributed by atoms with Gasteiger partial charge in [-0.25, -0.2) is 0 Å². The Labute approximate surface area is 173 Å². The number of hydrogen-bond acceptors (Lipinski definition) is 5. The molecule has 1 heterocycles. The Balaban J connectivity index is 1.65. The SMILES string of the molecule is Cc1ccc(C)c(CSc2nnc(NC(=O)c3cc(Br)ccc3Cl)s2)c1. The third-order valence-electron chi connectivity index (χ3n) is 3.66. The van der Waals surface area contributed by atoms with E-state index in [1.807, 2.05) is 0 Å². The Hall–Kier alpha value is -1.41. The second-order valence-electron chi connectivity index (χ2n) is 5.67. The lowest BCUT2D eigenvalue weighted by atomic mass is 10.1. The van der Waals surface area contributed by atoms with Crippen LogP contribution < -0.4 is 5.32 Å². The molecule has 1 N–H and O–H groups in total. The van der Waals surface area contributed by atoms with E-state index in [-0.39, 0.29) is 5.91 Å². The van der Waals surface area contributed by atoms with E-state index in [9.17, 15) is 4.79 Å². The highest BCUT2D eigenvalue weighted by molar-refractivity contribution is 9.10. The first-order chi connectivity index (χ1) is 12.4. The quantitative estimate of drug-likeness (QED) is 0.362. The molecule has 0 saturated heterocycles. The number of hydrogen-bond donors (Lipinski definition) is 1. The van der Waals surface area contributed by atoms with Crippen LogP contribution >= 0.6 is 50.6 Å². The summed E-state index contributed by atoms with van der Waals surface area (Å²) in [6.07, 6.45) is 0. The van der Waals surface area contributed by atoms with Crippen LogP contribution in [0.1, 0.15) is 27.0 Å². The maximum Gasteiger partial charge on any atom is 0.259 e. The number of halogens is 2. The van der Waals surface area contributed by atoms with Crippen molar-refractivity contribution in [2.75, 3.05) is 5.32 Å². The smallest absolute Gasteiger partial charge is 0.259 e. The van der Waals surface area contributed by atoms with Crippen LogP contribution in [0.4, 0.5) is 5.13 Å². The molecule has 3 rings (SSSR count). The van der Waals surface area contributed by atoms with Crippen LogP contribution in [0.15, 0.2) is 45.2 Å². The topological polar surface area (TPSA) is 54.9 Å². The molecule has 8 heteroatoms. The van der Waals surface area contributed by atoms with Crippen molar-refractivity contribution < 1.29 is 4.79 Å². The molecule has 3 aromatic rings. The number of amides is 1. The van der Waals surface area contributed by atoms with Crippen LogP contribution in [0.5, 0.6) is 0 Å². The second kappa shape index (κ2) is 8.52. The fourth-order valence-electron chi connectivity index (χ4n) is 2.25.